The fourth-order valence-electron chi connectivity index (χ4n) is 1.45. The molecule has 2 rings (SSSR count). The first kappa shape index (κ1) is 14.8. The van der Waals surface area contributed by atoms with E-state index in [0.29, 0.717) is 5.69 Å². The van der Waals surface area contributed by atoms with Crippen molar-refractivity contribution in [2.75, 3.05) is 16.8 Å². The number of nitrogens with two attached hydrogens (primary N) is 1. The molecule has 0 spiro atoms. The molecule has 104 valence electrons. The monoisotopic (exact) mass is 355 g/mol. The Morgan fingerprint density at radius 2 is 2.25 bits per heavy atom. The van der Waals surface area contributed by atoms with Gasteiger partial charge in [0.15, 0.2) is 0 Å². The van der Waals surface area contributed by atoms with Crippen LogP contribution in [0.4, 0.5) is 15.8 Å². The number of benzene rings is 1. The Labute approximate surface area is 128 Å². The summed E-state index contributed by atoms with van der Waals surface area (Å²) >= 11 is 4.65. The number of rotatable bonds is 4. The quantitative estimate of drug-likeness (QED) is 0.652. The van der Waals surface area contributed by atoms with Crippen LogP contribution in [0, 0.1) is 5.82 Å². The van der Waals surface area contributed by atoms with Gasteiger partial charge in [-0.05, 0) is 46.3 Å². The molecule has 0 radical (unpaired) electrons. The summed E-state index contributed by atoms with van der Waals surface area (Å²) in [5, 5.41) is 3.36. The van der Waals surface area contributed by atoms with Crippen LogP contribution in [-0.2, 0) is 4.79 Å². The average molecular weight is 356 g/mol. The normalized spacial score (nSPS) is 10.3. The van der Waals surface area contributed by atoms with Crippen LogP contribution in [0.2, 0.25) is 0 Å². The molecule has 1 amide bonds. The van der Waals surface area contributed by atoms with Crippen LogP contribution >= 0.6 is 27.7 Å². The highest BCUT2D eigenvalue weighted by Gasteiger charge is 2.08. The highest BCUT2D eigenvalue weighted by atomic mass is 79.9. The molecule has 0 saturated heterocycles. The van der Waals surface area contributed by atoms with Gasteiger partial charge in [0.2, 0.25) is 5.91 Å². The second kappa shape index (κ2) is 6.71. The molecule has 7 heteroatoms. The van der Waals surface area contributed by atoms with Crippen molar-refractivity contribution in [1.29, 1.82) is 0 Å². The molecule has 3 N–H and O–H groups in total. The maximum Gasteiger partial charge on any atom is 0.234 e. The number of halogens is 2. The van der Waals surface area contributed by atoms with E-state index >= 15 is 0 Å². The van der Waals surface area contributed by atoms with Gasteiger partial charge in [-0.15, -0.1) is 0 Å². The van der Waals surface area contributed by atoms with E-state index in [0.717, 1.165) is 15.6 Å². The van der Waals surface area contributed by atoms with E-state index in [1.165, 1.54) is 23.9 Å². The molecule has 0 aliphatic heterocycles. The molecule has 0 saturated carbocycles. The predicted molar refractivity (Wildman–Crippen MR) is 82.1 cm³/mol. The van der Waals surface area contributed by atoms with Gasteiger partial charge < -0.3 is 11.1 Å². The second-order valence-corrected chi connectivity index (χ2v) is 5.68. The van der Waals surface area contributed by atoms with Crippen LogP contribution < -0.4 is 11.1 Å². The highest BCUT2D eigenvalue weighted by Crippen LogP contribution is 2.25. The fourth-order valence-corrected chi connectivity index (χ4v) is 2.72. The summed E-state index contributed by atoms with van der Waals surface area (Å²) in [5.41, 5.74) is 6.22. The van der Waals surface area contributed by atoms with E-state index in [9.17, 15) is 9.18 Å². The Morgan fingerprint density at radius 3 is 2.95 bits per heavy atom. The number of hydrogen-bond donors (Lipinski definition) is 2. The third-order valence-electron chi connectivity index (χ3n) is 2.35. The van der Waals surface area contributed by atoms with Crippen molar-refractivity contribution >= 4 is 45.0 Å². The topological polar surface area (TPSA) is 68.0 Å². The number of nitrogens with zero attached hydrogens (tertiary/aromatic N) is 1. The summed E-state index contributed by atoms with van der Waals surface area (Å²) in [5.74, 6) is -0.481. The summed E-state index contributed by atoms with van der Waals surface area (Å²) in [6.07, 6.45) is 1.66. The van der Waals surface area contributed by atoms with Crippen LogP contribution in [0.5, 0.6) is 0 Å². The summed E-state index contributed by atoms with van der Waals surface area (Å²) < 4.78 is 13.7. The van der Waals surface area contributed by atoms with E-state index in [2.05, 4.69) is 26.2 Å². The summed E-state index contributed by atoms with van der Waals surface area (Å²) in [6, 6.07) is 7.50. The SMILES string of the molecule is Nc1cc(F)ccc1NC(=O)CSc1ncccc1Br. The minimum absolute atomic E-state index is 0.187. The van der Waals surface area contributed by atoms with Crippen molar-refractivity contribution in [2.45, 2.75) is 5.03 Å². The van der Waals surface area contributed by atoms with E-state index in [1.807, 2.05) is 6.07 Å². The summed E-state index contributed by atoms with van der Waals surface area (Å²) in [6.45, 7) is 0. The Morgan fingerprint density at radius 1 is 1.45 bits per heavy atom. The van der Waals surface area contributed by atoms with Crippen LogP contribution in [0.15, 0.2) is 46.0 Å². The number of amides is 1. The molecule has 2 aromatic rings. The number of nitrogen functional groups attached to an aromatic ring is 1. The van der Waals surface area contributed by atoms with Crippen molar-refractivity contribution < 1.29 is 9.18 Å². The molecule has 0 fully saturated rings. The highest BCUT2D eigenvalue weighted by molar-refractivity contribution is 9.10. The number of carbonyl (C=O) groups is 1. The first-order chi connectivity index (χ1) is 9.56. The molecule has 0 bridgehead atoms. The zero-order valence-electron chi connectivity index (χ0n) is 10.3. The molecular formula is C13H11BrFN3OS. The summed E-state index contributed by atoms with van der Waals surface area (Å²) in [4.78, 5) is 16.0. The average Bonchev–Trinajstić information content (AvgIpc) is 2.41. The van der Waals surface area contributed by atoms with Crippen molar-refractivity contribution in [3.63, 3.8) is 0 Å². The van der Waals surface area contributed by atoms with Crippen LogP contribution in [-0.4, -0.2) is 16.6 Å². The van der Waals surface area contributed by atoms with Crippen molar-refractivity contribution in [2.24, 2.45) is 0 Å². The standard InChI is InChI=1S/C13H11BrFN3OS/c14-9-2-1-5-17-13(9)20-7-12(19)18-11-4-3-8(15)6-10(11)16/h1-6H,7,16H2,(H,18,19). The molecule has 1 heterocycles. The molecule has 1 aromatic heterocycles. The van der Waals surface area contributed by atoms with E-state index in [1.54, 1.807) is 12.3 Å². The molecule has 0 atom stereocenters. The maximum atomic E-state index is 12.9. The van der Waals surface area contributed by atoms with Crippen molar-refractivity contribution in [3.05, 3.63) is 46.8 Å². The number of pyridine rings is 1. The Hall–Kier alpha value is -1.60. The fraction of sp³-hybridized carbons (Fsp3) is 0.0769. The zero-order valence-corrected chi connectivity index (χ0v) is 12.7. The first-order valence-electron chi connectivity index (χ1n) is 5.64. The van der Waals surface area contributed by atoms with Gasteiger partial charge in [-0.3, -0.25) is 4.79 Å². The van der Waals surface area contributed by atoms with Crippen LogP contribution in [0.1, 0.15) is 0 Å². The minimum Gasteiger partial charge on any atom is -0.397 e. The first-order valence-corrected chi connectivity index (χ1v) is 7.42. The second-order valence-electron chi connectivity index (χ2n) is 3.86. The van der Waals surface area contributed by atoms with Gasteiger partial charge in [-0.25, -0.2) is 9.37 Å². The predicted octanol–water partition coefficient (Wildman–Crippen LogP) is 3.30. The number of nitrogens with one attached hydrogen (secondary N) is 1. The molecule has 4 nitrogen and oxygen atoms in total. The summed E-state index contributed by atoms with van der Waals surface area (Å²) in [7, 11) is 0. The Kier molecular flexibility index (Phi) is 4.97. The van der Waals surface area contributed by atoms with Gasteiger partial charge in [-0.1, -0.05) is 11.8 Å². The molecule has 0 aliphatic rings. The lowest BCUT2D eigenvalue weighted by Crippen LogP contribution is -2.15. The Balaban J connectivity index is 1.94. The van der Waals surface area contributed by atoms with Gasteiger partial charge >= 0.3 is 0 Å². The van der Waals surface area contributed by atoms with Gasteiger partial charge in [0, 0.05) is 10.7 Å². The molecule has 0 unspecified atom stereocenters. The molecule has 0 aliphatic carbocycles. The largest absolute Gasteiger partial charge is 0.397 e. The number of carbonyl (C=O) groups excluding carboxylic acids is 1. The molecule has 20 heavy (non-hydrogen) atoms. The number of hydrogen-bond acceptors (Lipinski definition) is 4. The van der Waals surface area contributed by atoms with Crippen LogP contribution in [0.25, 0.3) is 0 Å². The lowest BCUT2D eigenvalue weighted by Gasteiger charge is -2.08. The van der Waals surface area contributed by atoms with Crippen LogP contribution in [0.3, 0.4) is 0 Å². The third kappa shape index (κ3) is 3.94. The number of thioether (sulfide) groups is 1. The number of aromatic nitrogens is 1. The van der Waals surface area contributed by atoms with Crippen molar-refractivity contribution in [1.82, 2.24) is 4.98 Å². The molecule has 1 aromatic carbocycles. The number of anilines is 2. The van der Waals surface area contributed by atoms with E-state index < -0.39 is 5.82 Å². The van der Waals surface area contributed by atoms with Crippen molar-refractivity contribution in [3.8, 4) is 0 Å². The van der Waals surface area contributed by atoms with Gasteiger partial charge in [0.1, 0.15) is 10.8 Å². The van der Waals surface area contributed by atoms with E-state index in [-0.39, 0.29) is 17.3 Å². The van der Waals surface area contributed by atoms with Gasteiger partial charge in [0.25, 0.3) is 0 Å². The smallest absolute Gasteiger partial charge is 0.234 e. The van der Waals surface area contributed by atoms with Gasteiger partial charge in [0.05, 0.1) is 17.1 Å². The molecular weight excluding hydrogens is 345 g/mol. The minimum atomic E-state index is -0.438. The lowest BCUT2D eigenvalue weighted by molar-refractivity contribution is -0.113. The van der Waals surface area contributed by atoms with Gasteiger partial charge in [-0.2, -0.15) is 0 Å². The zero-order chi connectivity index (χ0) is 14.5. The Bertz CT molecular complexity index is 639. The third-order valence-corrected chi connectivity index (χ3v) is 4.26. The van der Waals surface area contributed by atoms with E-state index in [4.69, 9.17) is 5.73 Å². The lowest BCUT2D eigenvalue weighted by atomic mass is 10.2. The maximum absolute atomic E-state index is 12.9.